The van der Waals surface area contributed by atoms with E-state index >= 15 is 0 Å². The van der Waals surface area contributed by atoms with Gasteiger partial charge in [0.2, 0.25) is 0 Å². The molecule has 0 spiro atoms. The van der Waals surface area contributed by atoms with Crippen LogP contribution in [0.5, 0.6) is 0 Å². The zero-order valence-electron chi connectivity index (χ0n) is 12.8. The molecule has 0 aromatic rings. The van der Waals surface area contributed by atoms with Crippen molar-refractivity contribution in [1.29, 1.82) is 0 Å². The van der Waals surface area contributed by atoms with Gasteiger partial charge in [-0.25, -0.2) is 0 Å². The van der Waals surface area contributed by atoms with Gasteiger partial charge in [0.1, 0.15) is 5.54 Å². The second-order valence-corrected chi connectivity index (χ2v) is 6.11. The number of carbonyl (C=O) groups excluding carboxylic acids is 1. The number of hydrogen-bond acceptors (Lipinski definition) is 5. The lowest BCUT2D eigenvalue weighted by Crippen LogP contribution is -2.52. The van der Waals surface area contributed by atoms with Crippen molar-refractivity contribution in [3.8, 4) is 0 Å². The highest BCUT2D eigenvalue weighted by molar-refractivity contribution is 5.81. The Bertz CT molecular complexity index is 337. The lowest BCUT2D eigenvalue weighted by Gasteiger charge is -2.35. The topological polar surface area (TPSA) is 64.8 Å². The van der Waals surface area contributed by atoms with E-state index in [2.05, 4.69) is 11.8 Å². The predicted octanol–water partition coefficient (Wildman–Crippen LogP) is 1.16. The van der Waals surface area contributed by atoms with Crippen LogP contribution in [0, 0.1) is 5.92 Å². The fourth-order valence-corrected chi connectivity index (χ4v) is 3.53. The zero-order valence-corrected chi connectivity index (χ0v) is 12.8. The molecule has 2 rings (SSSR count). The van der Waals surface area contributed by atoms with Crippen LogP contribution in [-0.2, 0) is 14.3 Å². The number of morpholine rings is 1. The van der Waals surface area contributed by atoms with Gasteiger partial charge in [-0.05, 0) is 38.1 Å². The molecule has 0 amide bonds. The minimum absolute atomic E-state index is 0.242. The highest BCUT2D eigenvalue weighted by Crippen LogP contribution is 2.37. The molecule has 0 aromatic heterocycles. The van der Waals surface area contributed by atoms with Crippen LogP contribution in [0.25, 0.3) is 0 Å². The fraction of sp³-hybridized carbons (Fsp3) is 0.933. The smallest absolute Gasteiger partial charge is 0.326 e. The van der Waals surface area contributed by atoms with Crippen molar-refractivity contribution < 1.29 is 14.3 Å². The summed E-state index contributed by atoms with van der Waals surface area (Å²) in [7, 11) is 1.43. The summed E-state index contributed by atoms with van der Waals surface area (Å²) in [6, 6.07) is 0. The van der Waals surface area contributed by atoms with E-state index in [9.17, 15) is 4.79 Å². The molecule has 0 aromatic carbocycles. The van der Waals surface area contributed by atoms with Crippen molar-refractivity contribution >= 4 is 5.97 Å². The maximum atomic E-state index is 11.9. The quantitative estimate of drug-likeness (QED) is 0.767. The summed E-state index contributed by atoms with van der Waals surface area (Å²) in [5, 5.41) is 0. The third-order valence-corrected chi connectivity index (χ3v) is 4.91. The summed E-state index contributed by atoms with van der Waals surface area (Å²) in [5.74, 6) is 0.00582. The van der Waals surface area contributed by atoms with Crippen LogP contribution in [0.4, 0.5) is 0 Å². The van der Waals surface area contributed by atoms with Crippen LogP contribution in [0.1, 0.15) is 39.0 Å². The third-order valence-electron chi connectivity index (χ3n) is 4.91. The average molecular weight is 284 g/mol. The number of ether oxygens (including phenoxy) is 2. The second-order valence-electron chi connectivity index (χ2n) is 6.11. The molecule has 3 unspecified atom stereocenters. The number of carbonyl (C=O) groups is 1. The molecule has 5 heteroatoms. The number of rotatable bonds is 5. The Morgan fingerprint density at radius 2 is 2.35 bits per heavy atom. The Balaban J connectivity index is 1.85. The summed E-state index contributed by atoms with van der Waals surface area (Å²) in [6.45, 7) is 5.96. The van der Waals surface area contributed by atoms with Crippen molar-refractivity contribution in [2.45, 2.75) is 50.7 Å². The van der Waals surface area contributed by atoms with Crippen LogP contribution in [0.3, 0.4) is 0 Å². The van der Waals surface area contributed by atoms with Gasteiger partial charge in [0.15, 0.2) is 0 Å². The maximum Gasteiger partial charge on any atom is 0.326 e. The number of hydrogen-bond donors (Lipinski definition) is 1. The molecule has 2 fully saturated rings. The molecule has 1 aliphatic heterocycles. The van der Waals surface area contributed by atoms with Crippen LogP contribution < -0.4 is 5.73 Å². The van der Waals surface area contributed by atoms with E-state index in [0.717, 1.165) is 58.3 Å². The fourth-order valence-electron chi connectivity index (χ4n) is 3.53. The minimum Gasteiger partial charge on any atom is -0.468 e. The van der Waals surface area contributed by atoms with E-state index in [-0.39, 0.29) is 11.9 Å². The van der Waals surface area contributed by atoms with Crippen LogP contribution in [0.15, 0.2) is 0 Å². The molecule has 3 atom stereocenters. The first-order chi connectivity index (χ1) is 9.60. The number of nitrogens with two attached hydrogens (primary N) is 1. The van der Waals surface area contributed by atoms with E-state index in [4.69, 9.17) is 15.2 Å². The van der Waals surface area contributed by atoms with Crippen molar-refractivity contribution in [1.82, 2.24) is 4.90 Å². The van der Waals surface area contributed by atoms with Gasteiger partial charge in [-0.3, -0.25) is 9.69 Å². The Labute approximate surface area is 121 Å². The van der Waals surface area contributed by atoms with Crippen molar-refractivity contribution in [3.63, 3.8) is 0 Å². The lowest BCUT2D eigenvalue weighted by atomic mass is 9.85. The monoisotopic (exact) mass is 284 g/mol. The van der Waals surface area contributed by atoms with Crippen LogP contribution in [-0.4, -0.2) is 55.9 Å². The summed E-state index contributed by atoms with van der Waals surface area (Å²) >= 11 is 0. The Morgan fingerprint density at radius 3 is 3.05 bits per heavy atom. The number of methoxy groups -OCH3 is 1. The van der Waals surface area contributed by atoms with Crippen molar-refractivity contribution in [3.05, 3.63) is 0 Å². The highest BCUT2D eigenvalue weighted by Gasteiger charge is 2.46. The molecular weight excluding hydrogens is 256 g/mol. The molecule has 1 heterocycles. The van der Waals surface area contributed by atoms with Gasteiger partial charge in [-0.1, -0.05) is 13.3 Å². The predicted molar refractivity (Wildman–Crippen MR) is 77.4 cm³/mol. The van der Waals surface area contributed by atoms with E-state index in [1.165, 1.54) is 7.11 Å². The number of nitrogens with zero attached hydrogens (tertiary/aromatic N) is 1. The third kappa shape index (κ3) is 3.32. The van der Waals surface area contributed by atoms with Crippen molar-refractivity contribution in [2.24, 2.45) is 11.7 Å². The van der Waals surface area contributed by atoms with Crippen LogP contribution in [0.2, 0.25) is 0 Å². The molecule has 20 heavy (non-hydrogen) atoms. The van der Waals surface area contributed by atoms with E-state index < -0.39 is 5.54 Å². The molecule has 1 saturated carbocycles. The van der Waals surface area contributed by atoms with Crippen molar-refractivity contribution in [2.75, 3.05) is 33.4 Å². The van der Waals surface area contributed by atoms with Gasteiger partial charge in [0.25, 0.3) is 0 Å². The molecule has 1 aliphatic carbocycles. The van der Waals surface area contributed by atoms with Gasteiger partial charge in [-0.15, -0.1) is 0 Å². The summed E-state index contributed by atoms with van der Waals surface area (Å²) in [6.07, 6.45) is 5.20. The standard InChI is InChI=1S/C15H28N2O3/c1-3-13-11-17(9-10-20-13)8-6-12-5-4-7-15(12,16)14(18)19-2/h12-13H,3-11,16H2,1-2H3. The summed E-state index contributed by atoms with van der Waals surface area (Å²) in [4.78, 5) is 14.4. The molecule has 2 N–H and O–H groups in total. The highest BCUT2D eigenvalue weighted by atomic mass is 16.5. The number of esters is 1. The van der Waals surface area contributed by atoms with Gasteiger partial charge >= 0.3 is 5.97 Å². The first-order valence-corrected chi connectivity index (χ1v) is 7.81. The Hall–Kier alpha value is -0.650. The zero-order chi connectivity index (χ0) is 14.6. The van der Waals surface area contributed by atoms with Gasteiger partial charge in [0.05, 0.1) is 19.8 Å². The summed E-state index contributed by atoms with van der Waals surface area (Å²) < 4.78 is 10.6. The molecule has 0 radical (unpaired) electrons. The molecule has 116 valence electrons. The van der Waals surface area contributed by atoms with Crippen LogP contribution >= 0.6 is 0 Å². The Kier molecular flexibility index (Phi) is 5.41. The molecule has 2 aliphatic rings. The largest absolute Gasteiger partial charge is 0.468 e. The van der Waals surface area contributed by atoms with E-state index in [1.807, 2.05) is 0 Å². The summed E-state index contributed by atoms with van der Waals surface area (Å²) in [5.41, 5.74) is 5.55. The van der Waals surface area contributed by atoms with Gasteiger partial charge in [0, 0.05) is 13.1 Å². The molecular formula is C15H28N2O3. The molecule has 1 saturated heterocycles. The van der Waals surface area contributed by atoms with Gasteiger partial charge < -0.3 is 15.2 Å². The Morgan fingerprint density at radius 1 is 1.55 bits per heavy atom. The first kappa shape index (κ1) is 15.7. The normalized spacial score (nSPS) is 35.1. The van der Waals surface area contributed by atoms with E-state index in [0.29, 0.717) is 6.10 Å². The lowest BCUT2D eigenvalue weighted by molar-refractivity contribution is -0.148. The average Bonchev–Trinajstić information content (AvgIpc) is 2.86. The molecule has 0 bridgehead atoms. The second kappa shape index (κ2) is 6.87. The molecule has 5 nitrogen and oxygen atoms in total. The first-order valence-electron chi connectivity index (χ1n) is 7.81. The minimum atomic E-state index is -0.759. The SMILES string of the molecule is CCC1CN(CCC2CCCC2(N)C(=O)OC)CCO1. The van der Waals surface area contributed by atoms with Gasteiger partial charge in [-0.2, -0.15) is 0 Å². The van der Waals surface area contributed by atoms with E-state index in [1.54, 1.807) is 0 Å². The maximum absolute atomic E-state index is 11.9.